The van der Waals surface area contributed by atoms with Crippen LogP contribution in [0, 0.1) is 16.2 Å². The van der Waals surface area contributed by atoms with Gasteiger partial charge in [-0.15, -0.1) is 0 Å². The number of ether oxygens (including phenoxy) is 1. The molecule has 12 nitrogen and oxygen atoms in total. The topological polar surface area (TPSA) is 162 Å². The molecule has 2 aromatic heterocycles. The van der Waals surface area contributed by atoms with Crippen LogP contribution in [0.1, 0.15) is 66.1 Å². The van der Waals surface area contributed by atoms with Crippen LogP contribution < -0.4 is 20.3 Å². The van der Waals surface area contributed by atoms with Crippen molar-refractivity contribution in [3.63, 3.8) is 0 Å². The molecule has 12 heteroatoms. The third-order valence-electron chi connectivity index (χ3n) is 8.15. The van der Waals surface area contributed by atoms with Gasteiger partial charge in [-0.25, -0.2) is 9.50 Å². The lowest BCUT2D eigenvalue weighted by Gasteiger charge is -2.41. The van der Waals surface area contributed by atoms with Gasteiger partial charge in [0.1, 0.15) is 29.6 Å². The number of amides is 2. The summed E-state index contributed by atoms with van der Waals surface area (Å²) in [6.07, 6.45) is 5.50. The van der Waals surface area contributed by atoms with Gasteiger partial charge in [-0.05, 0) is 55.7 Å². The number of benzene rings is 1. The van der Waals surface area contributed by atoms with Crippen LogP contribution in [0.25, 0.3) is 5.65 Å². The zero-order valence-electron chi connectivity index (χ0n) is 23.1. The predicted molar refractivity (Wildman–Crippen MR) is 151 cm³/mol. The zero-order valence-corrected chi connectivity index (χ0v) is 23.1. The summed E-state index contributed by atoms with van der Waals surface area (Å²) in [6, 6.07) is 8.46. The number of anilines is 1. The number of aliphatic carboxylic acids is 1. The van der Waals surface area contributed by atoms with E-state index in [1.807, 2.05) is 19.1 Å². The lowest BCUT2D eigenvalue weighted by atomic mass is 9.65. The second-order valence-electron chi connectivity index (χ2n) is 11.3. The molecule has 0 radical (unpaired) electrons. The van der Waals surface area contributed by atoms with Crippen molar-refractivity contribution in [2.24, 2.45) is 10.8 Å². The number of carboxylic acid groups (broad SMARTS) is 1. The molecule has 214 valence electrons. The monoisotopic (exact) mass is 559 g/mol. The first-order valence-corrected chi connectivity index (χ1v) is 13.4. The van der Waals surface area contributed by atoms with Gasteiger partial charge in [-0.2, -0.15) is 5.10 Å². The Morgan fingerprint density at radius 1 is 1.12 bits per heavy atom. The van der Waals surface area contributed by atoms with Gasteiger partial charge in [0.05, 0.1) is 17.3 Å². The van der Waals surface area contributed by atoms with E-state index in [0.29, 0.717) is 49.3 Å². The normalized spacial score (nSPS) is 22.0. The van der Waals surface area contributed by atoms with Crippen LogP contribution in [0.3, 0.4) is 0 Å². The Hall–Kier alpha value is -4.74. The summed E-state index contributed by atoms with van der Waals surface area (Å²) < 4.78 is 6.98. The smallest absolute Gasteiger partial charge is 0.309 e. The fourth-order valence-corrected chi connectivity index (χ4v) is 5.20. The van der Waals surface area contributed by atoms with Crippen LogP contribution in [0.15, 0.2) is 49.3 Å². The molecule has 1 aromatic carbocycles. The molecule has 0 unspecified atom stereocenters. The minimum atomic E-state index is -0.785. The molecule has 1 aliphatic carbocycles. The van der Waals surface area contributed by atoms with Gasteiger partial charge < -0.3 is 20.5 Å². The summed E-state index contributed by atoms with van der Waals surface area (Å²) in [5, 5.41) is 27.6. The number of carboxylic acids is 1. The Labute approximate surface area is 236 Å². The molecular weight excluding hydrogens is 526 g/mol. The van der Waals surface area contributed by atoms with Crippen molar-refractivity contribution in [3.05, 3.63) is 66.3 Å². The molecule has 2 aliphatic rings. The van der Waals surface area contributed by atoms with E-state index >= 15 is 0 Å². The first-order valence-electron chi connectivity index (χ1n) is 13.4. The number of aromatic nitrogens is 3. The van der Waals surface area contributed by atoms with Crippen molar-refractivity contribution >= 4 is 35.0 Å². The van der Waals surface area contributed by atoms with Gasteiger partial charge >= 0.3 is 5.97 Å². The van der Waals surface area contributed by atoms with Gasteiger partial charge in [0.15, 0.2) is 5.65 Å². The number of hydrogen-bond acceptors (Lipinski definition) is 7. The van der Waals surface area contributed by atoms with E-state index in [1.165, 1.54) is 16.8 Å². The quantitative estimate of drug-likeness (QED) is 0.326. The van der Waals surface area contributed by atoms with Crippen molar-refractivity contribution < 1.29 is 24.2 Å². The van der Waals surface area contributed by atoms with Crippen molar-refractivity contribution in [2.45, 2.75) is 46.1 Å². The molecule has 4 N–H and O–H groups in total. The zero-order chi connectivity index (χ0) is 29.4. The molecule has 2 amide bonds. The average Bonchev–Trinajstić information content (AvgIpc) is 3.44. The minimum absolute atomic E-state index is 0.0695. The first-order chi connectivity index (χ1) is 19.5. The summed E-state index contributed by atoms with van der Waals surface area (Å²) >= 11 is 0. The number of fused-ring (bicyclic) bond motifs is 2. The lowest BCUT2D eigenvalue weighted by molar-refractivity contribution is -0.151. The summed E-state index contributed by atoms with van der Waals surface area (Å²) in [5.41, 5.74) is 1.08. The number of amidine groups is 1. The van der Waals surface area contributed by atoms with Crippen LogP contribution in [0.2, 0.25) is 0 Å². The number of nitrogens with zero attached hydrogens (tertiary/aromatic N) is 4. The third kappa shape index (κ3) is 5.49. The molecule has 0 bridgehead atoms. The van der Waals surface area contributed by atoms with Crippen LogP contribution in [-0.4, -0.2) is 56.5 Å². The molecule has 3 aromatic rings. The molecule has 0 saturated heterocycles. The summed E-state index contributed by atoms with van der Waals surface area (Å²) in [5.74, 6) is -0.763. The van der Waals surface area contributed by atoms with Crippen molar-refractivity contribution in [1.82, 2.24) is 25.2 Å². The second kappa shape index (κ2) is 10.7. The van der Waals surface area contributed by atoms with E-state index in [9.17, 15) is 19.5 Å². The first kappa shape index (κ1) is 27.8. The number of nitrogens with one attached hydrogen (secondary N) is 3. The van der Waals surface area contributed by atoms with Crippen molar-refractivity contribution in [3.8, 4) is 5.75 Å². The van der Waals surface area contributed by atoms with E-state index in [0.717, 1.165) is 5.56 Å². The van der Waals surface area contributed by atoms with Gasteiger partial charge in [0.25, 0.3) is 11.8 Å². The lowest BCUT2D eigenvalue weighted by Crippen LogP contribution is -2.42. The Balaban J connectivity index is 1.28. The van der Waals surface area contributed by atoms with E-state index < -0.39 is 23.2 Å². The molecule has 3 heterocycles. The standard InChI is InChI=1S/C29H33N7O5/c1-4-35-20-13-18(5-6-22(20)41-16-23(35)30)15-31-25(37)19-14-21(36-24(34-19)7-12-33-36)26(38)32-17-28(2)8-10-29(3,11-9-28)27(39)40/h4-7,12-14,30H,1,8-11,15-17H2,2-3H3,(H,31,37)(H,32,38)(H,39,40). The van der Waals surface area contributed by atoms with E-state index in [2.05, 4.69) is 27.3 Å². The minimum Gasteiger partial charge on any atom is -0.483 e. The molecule has 5 rings (SSSR count). The highest BCUT2D eigenvalue weighted by atomic mass is 16.5. The van der Waals surface area contributed by atoms with Crippen LogP contribution >= 0.6 is 0 Å². The molecule has 41 heavy (non-hydrogen) atoms. The number of carbonyl (C=O) groups is 3. The Bertz CT molecular complexity index is 1550. The number of carbonyl (C=O) groups excluding carboxylic acids is 2. The van der Waals surface area contributed by atoms with E-state index in [1.54, 1.807) is 30.2 Å². The third-order valence-corrected chi connectivity index (χ3v) is 8.15. The molecule has 1 saturated carbocycles. The highest BCUT2D eigenvalue weighted by Crippen LogP contribution is 2.45. The molecule has 1 fully saturated rings. The molecular formula is C29H33N7O5. The second-order valence-corrected chi connectivity index (χ2v) is 11.3. The summed E-state index contributed by atoms with van der Waals surface area (Å²) in [4.78, 5) is 44.0. The Kier molecular flexibility index (Phi) is 7.24. The molecule has 0 atom stereocenters. The highest BCUT2D eigenvalue weighted by Gasteiger charge is 2.42. The summed E-state index contributed by atoms with van der Waals surface area (Å²) in [7, 11) is 0. The SMILES string of the molecule is C=CN1C(=N)COc2ccc(CNC(=O)c3cc(C(=O)NCC4(C)CCC(C)(C(=O)O)CC4)n4nccc4n3)cc21. The maximum absolute atomic E-state index is 13.3. The van der Waals surface area contributed by atoms with Gasteiger partial charge in [-0.3, -0.25) is 24.7 Å². The van der Waals surface area contributed by atoms with Gasteiger partial charge in [0.2, 0.25) is 0 Å². The summed E-state index contributed by atoms with van der Waals surface area (Å²) in [6.45, 7) is 8.29. The van der Waals surface area contributed by atoms with Crippen LogP contribution in [-0.2, 0) is 11.3 Å². The van der Waals surface area contributed by atoms with Gasteiger partial charge in [-0.1, -0.05) is 19.6 Å². The predicted octanol–water partition coefficient (Wildman–Crippen LogP) is 3.38. The largest absolute Gasteiger partial charge is 0.483 e. The van der Waals surface area contributed by atoms with Gasteiger partial charge in [0, 0.05) is 31.4 Å². The maximum atomic E-state index is 13.3. The average molecular weight is 560 g/mol. The molecule has 0 spiro atoms. The van der Waals surface area contributed by atoms with Crippen molar-refractivity contribution in [2.75, 3.05) is 18.1 Å². The molecule has 1 aliphatic heterocycles. The van der Waals surface area contributed by atoms with Crippen LogP contribution in [0.4, 0.5) is 5.69 Å². The van der Waals surface area contributed by atoms with Crippen molar-refractivity contribution in [1.29, 1.82) is 5.41 Å². The Morgan fingerprint density at radius 2 is 1.88 bits per heavy atom. The highest BCUT2D eigenvalue weighted by molar-refractivity contribution is 6.01. The fraction of sp³-hybridized carbons (Fsp3) is 0.379. The number of rotatable bonds is 8. The maximum Gasteiger partial charge on any atom is 0.309 e. The van der Waals surface area contributed by atoms with Crippen LogP contribution in [0.5, 0.6) is 5.75 Å². The van der Waals surface area contributed by atoms with E-state index in [-0.39, 0.29) is 35.8 Å². The number of hydrogen-bond donors (Lipinski definition) is 4. The van der Waals surface area contributed by atoms with E-state index in [4.69, 9.17) is 10.1 Å². The Morgan fingerprint density at radius 3 is 2.59 bits per heavy atom. The fourth-order valence-electron chi connectivity index (χ4n) is 5.20.